The van der Waals surface area contributed by atoms with Gasteiger partial charge in [-0.05, 0) is 25.5 Å². The number of fused-ring (bicyclic) bond motifs is 1. The molecule has 1 unspecified atom stereocenters. The smallest absolute Gasteiger partial charge is 0.334 e. The van der Waals surface area contributed by atoms with Crippen LogP contribution in [-0.4, -0.2) is 47.2 Å². The molecule has 1 aliphatic rings. The molecule has 1 aromatic carbocycles. The molecule has 22 heavy (non-hydrogen) atoms. The highest BCUT2D eigenvalue weighted by Gasteiger charge is 2.33. The average molecular weight is 319 g/mol. The molecule has 0 aliphatic carbocycles. The topological polar surface area (TPSA) is 66.8 Å². The van der Waals surface area contributed by atoms with Crippen molar-refractivity contribution in [1.82, 2.24) is 4.90 Å². The van der Waals surface area contributed by atoms with E-state index in [4.69, 9.17) is 9.84 Å². The number of hydrogen-bond donors (Lipinski definition) is 1. The second kappa shape index (κ2) is 5.70. The van der Waals surface area contributed by atoms with Gasteiger partial charge in [0.05, 0.1) is 18.2 Å². The molecule has 0 saturated carbocycles. The minimum Gasteiger partial charge on any atom is -0.479 e. The number of aliphatic carboxylic acids is 1. The molecular weight excluding hydrogens is 302 g/mol. The second-order valence-electron chi connectivity index (χ2n) is 5.63. The third kappa shape index (κ3) is 2.71. The lowest BCUT2D eigenvalue weighted by Crippen LogP contribution is -2.51. The molecule has 1 fully saturated rings. The molecule has 1 aromatic heterocycles. The van der Waals surface area contributed by atoms with Gasteiger partial charge in [-0.1, -0.05) is 12.1 Å². The van der Waals surface area contributed by atoms with Crippen LogP contribution in [-0.2, 0) is 9.53 Å². The molecule has 1 amide bonds. The molecule has 116 valence electrons. The van der Waals surface area contributed by atoms with Gasteiger partial charge in [0.15, 0.2) is 6.10 Å². The molecule has 5 nitrogen and oxygen atoms in total. The number of carboxylic acids is 1. The maximum absolute atomic E-state index is 12.8. The van der Waals surface area contributed by atoms with Crippen LogP contribution < -0.4 is 0 Å². The van der Waals surface area contributed by atoms with Gasteiger partial charge in [0, 0.05) is 22.0 Å². The molecule has 2 atom stereocenters. The first-order valence-electron chi connectivity index (χ1n) is 7.11. The molecule has 2 aromatic rings. The summed E-state index contributed by atoms with van der Waals surface area (Å²) < 4.78 is 6.43. The van der Waals surface area contributed by atoms with Crippen LogP contribution in [0.25, 0.3) is 10.1 Å². The number of carbonyl (C=O) groups excluding carboxylic acids is 1. The second-order valence-corrected chi connectivity index (χ2v) is 6.54. The first-order valence-corrected chi connectivity index (χ1v) is 7.99. The van der Waals surface area contributed by atoms with Crippen molar-refractivity contribution in [2.75, 3.05) is 13.1 Å². The lowest BCUT2D eigenvalue weighted by molar-refractivity contribution is -0.160. The van der Waals surface area contributed by atoms with Crippen molar-refractivity contribution in [3.05, 3.63) is 34.7 Å². The Morgan fingerprint density at radius 3 is 2.86 bits per heavy atom. The van der Waals surface area contributed by atoms with E-state index in [1.54, 1.807) is 11.8 Å². The summed E-state index contributed by atoms with van der Waals surface area (Å²) in [6.07, 6.45) is -1.24. The number of morpholine rings is 1. The van der Waals surface area contributed by atoms with E-state index < -0.39 is 12.1 Å². The van der Waals surface area contributed by atoms with E-state index in [0.29, 0.717) is 12.1 Å². The Bertz CT molecular complexity index is 739. The number of aryl methyl sites for hydroxylation is 1. The van der Waals surface area contributed by atoms with Crippen LogP contribution in [0.5, 0.6) is 0 Å². The minimum atomic E-state index is -1.03. The molecular formula is C16H17NO4S. The lowest BCUT2D eigenvalue weighted by atomic mass is 10.1. The predicted molar refractivity (Wildman–Crippen MR) is 84.4 cm³/mol. The van der Waals surface area contributed by atoms with E-state index in [9.17, 15) is 9.59 Å². The molecule has 0 spiro atoms. The van der Waals surface area contributed by atoms with Crippen molar-refractivity contribution in [2.24, 2.45) is 0 Å². The van der Waals surface area contributed by atoms with Gasteiger partial charge in [-0.3, -0.25) is 4.79 Å². The Kier molecular flexibility index (Phi) is 3.88. The number of ether oxygens (including phenoxy) is 1. The van der Waals surface area contributed by atoms with Gasteiger partial charge in [-0.15, -0.1) is 11.3 Å². The number of rotatable bonds is 2. The zero-order valence-corrected chi connectivity index (χ0v) is 13.2. The van der Waals surface area contributed by atoms with E-state index in [1.807, 2.05) is 24.4 Å². The number of carboxylic acid groups (broad SMARTS) is 1. The largest absolute Gasteiger partial charge is 0.479 e. The van der Waals surface area contributed by atoms with Gasteiger partial charge in [0.25, 0.3) is 5.91 Å². The molecule has 6 heteroatoms. The van der Waals surface area contributed by atoms with Crippen molar-refractivity contribution in [3.8, 4) is 0 Å². The summed E-state index contributed by atoms with van der Waals surface area (Å²) >= 11 is 1.53. The molecule has 1 N–H and O–H groups in total. The molecule has 2 heterocycles. The van der Waals surface area contributed by atoms with E-state index in [-0.39, 0.29) is 18.6 Å². The maximum atomic E-state index is 12.8. The quantitative estimate of drug-likeness (QED) is 0.923. The molecule has 1 aliphatic heterocycles. The van der Waals surface area contributed by atoms with Gasteiger partial charge in [0.1, 0.15) is 0 Å². The molecule has 0 bridgehead atoms. The van der Waals surface area contributed by atoms with Crippen LogP contribution in [0.2, 0.25) is 0 Å². The fourth-order valence-corrected chi connectivity index (χ4v) is 3.76. The van der Waals surface area contributed by atoms with Gasteiger partial charge < -0.3 is 14.7 Å². The van der Waals surface area contributed by atoms with Crippen LogP contribution in [0, 0.1) is 6.92 Å². The highest BCUT2D eigenvalue weighted by molar-refractivity contribution is 7.17. The van der Waals surface area contributed by atoms with Crippen molar-refractivity contribution < 1.29 is 19.4 Å². The monoisotopic (exact) mass is 319 g/mol. The number of amides is 1. The maximum Gasteiger partial charge on any atom is 0.334 e. The lowest BCUT2D eigenvalue weighted by Gasteiger charge is -2.34. The van der Waals surface area contributed by atoms with Crippen molar-refractivity contribution >= 4 is 33.3 Å². The van der Waals surface area contributed by atoms with E-state index in [1.165, 1.54) is 11.3 Å². The zero-order valence-electron chi connectivity index (χ0n) is 12.4. The average Bonchev–Trinajstić information content (AvgIpc) is 2.88. The van der Waals surface area contributed by atoms with Crippen LogP contribution in [0.15, 0.2) is 23.6 Å². The van der Waals surface area contributed by atoms with Crippen LogP contribution in [0.1, 0.15) is 22.8 Å². The van der Waals surface area contributed by atoms with Crippen LogP contribution in [0.3, 0.4) is 0 Å². The first-order chi connectivity index (χ1) is 10.5. The standard InChI is InChI=1S/C16H17NO4S/c1-9-3-4-11-12(8-22-14(11)5-9)15(18)17-6-10(2)21-13(7-17)16(19)20/h3-5,8,10,13H,6-7H2,1-2H3,(H,19,20)/t10-,13?/m1/s1. The summed E-state index contributed by atoms with van der Waals surface area (Å²) in [5.74, 6) is -1.16. The molecule has 3 rings (SSSR count). The summed E-state index contributed by atoms with van der Waals surface area (Å²) in [5, 5.41) is 11.9. The predicted octanol–water partition coefficient (Wildman–Crippen LogP) is 2.52. The Balaban J connectivity index is 1.90. The normalized spacial score (nSPS) is 22.0. The fourth-order valence-electron chi connectivity index (χ4n) is 2.73. The summed E-state index contributed by atoms with van der Waals surface area (Å²) in [6, 6.07) is 5.99. The molecule has 1 saturated heterocycles. The Morgan fingerprint density at radius 2 is 2.14 bits per heavy atom. The SMILES string of the molecule is Cc1ccc2c(C(=O)N3CC(C(=O)O)O[C@H](C)C3)csc2c1. The van der Waals surface area contributed by atoms with Crippen molar-refractivity contribution in [1.29, 1.82) is 0 Å². The Morgan fingerprint density at radius 1 is 1.36 bits per heavy atom. The third-order valence-electron chi connectivity index (χ3n) is 3.78. The number of thiophene rings is 1. The third-order valence-corrected chi connectivity index (χ3v) is 4.73. The zero-order chi connectivity index (χ0) is 15.9. The number of nitrogens with zero attached hydrogens (tertiary/aromatic N) is 1. The number of carbonyl (C=O) groups is 2. The summed E-state index contributed by atoms with van der Waals surface area (Å²) in [6.45, 7) is 4.29. The van der Waals surface area contributed by atoms with E-state index in [0.717, 1.165) is 15.6 Å². The highest BCUT2D eigenvalue weighted by atomic mass is 32.1. The summed E-state index contributed by atoms with van der Waals surface area (Å²) in [5.41, 5.74) is 1.79. The van der Waals surface area contributed by atoms with Gasteiger partial charge in [0.2, 0.25) is 0 Å². The first kappa shape index (κ1) is 15.0. The van der Waals surface area contributed by atoms with Crippen LogP contribution >= 0.6 is 11.3 Å². The van der Waals surface area contributed by atoms with Gasteiger partial charge >= 0.3 is 5.97 Å². The fraction of sp³-hybridized carbons (Fsp3) is 0.375. The van der Waals surface area contributed by atoms with Gasteiger partial charge in [-0.25, -0.2) is 4.79 Å². The van der Waals surface area contributed by atoms with Crippen molar-refractivity contribution in [2.45, 2.75) is 26.1 Å². The molecule has 0 radical (unpaired) electrons. The number of benzene rings is 1. The van der Waals surface area contributed by atoms with E-state index in [2.05, 4.69) is 6.07 Å². The minimum absolute atomic E-state index is 0.0850. The summed E-state index contributed by atoms with van der Waals surface area (Å²) in [4.78, 5) is 25.5. The van der Waals surface area contributed by atoms with Crippen molar-refractivity contribution in [3.63, 3.8) is 0 Å². The van der Waals surface area contributed by atoms with E-state index >= 15 is 0 Å². The van der Waals surface area contributed by atoms with Gasteiger partial charge in [-0.2, -0.15) is 0 Å². The number of hydrogen-bond acceptors (Lipinski definition) is 4. The Hall–Kier alpha value is -1.92. The summed E-state index contributed by atoms with van der Waals surface area (Å²) in [7, 11) is 0. The highest BCUT2D eigenvalue weighted by Crippen LogP contribution is 2.28. The Labute approximate surface area is 132 Å². The van der Waals surface area contributed by atoms with Crippen LogP contribution in [0.4, 0.5) is 0 Å².